The summed E-state index contributed by atoms with van der Waals surface area (Å²) in [6.45, 7) is 2.61. The lowest BCUT2D eigenvalue weighted by atomic mass is 10.1. The van der Waals surface area contributed by atoms with Crippen LogP contribution in [-0.2, 0) is 0 Å². The van der Waals surface area contributed by atoms with Gasteiger partial charge >= 0.3 is 0 Å². The number of benzene rings is 2. The molecule has 0 atom stereocenters. The molecular formula is C20H20N6OS. The van der Waals surface area contributed by atoms with E-state index in [1.165, 1.54) is 0 Å². The molecule has 0 aliphatic heterocycles. The van der Waals surface area contributed by atoms with E-state index in [1.807, 2.05) is 49.4 Å². The summed E-state index contributed by atoms with van der Waals surface area (Å²) in [4.78, 5) is 4.84. The minimum Gasteiger partial charge on any atom is -0.494 e. The Hall–Kier alpha value is -3.36. The molecule has 2 aromatic carbocycles. The molecule has 0 fully saturated rings. The molecular weight excluding hydrogens is 372 g/mol. The van der Waals surface area contributed by atoms with E-state index in [2.05, 4.69) is 27.3 Å². The number of rotatable bonds is 5. The number of fused-ring (bicyclic) bond motifs is 3. The molecule has 28 heavy (non-hydrogen) atoms. The SMILES string of the molecule is CCOc1ccc(Nc2nc3cc(/C(=N/N)NN)ccc3c3sccc23)cc1. The molecule has 2 aromatic heterocycles. The highest BCUT2D eigenvalue weighted by molar-refractivity contribution is 7.18. The molecule has 0 aliphatic carbocycles. The van der Waals surface area contributed by atoms with Gasteiger partial charge in [-0.3, -0.25) is 0 Å². The summed E-state index contributed by atoms with van der Waals surface area (Å²) in [5, 5.41) is 11.3. The monoisotopic (exact) mass is 392 g/mol. The first kappa shape index (κ1) is 18.0. The van der Waals surface area contributed by atoms with E-state index in [9.17, 15) is 0 Å². The summed E-state index contributed by atoms with van der Waals surface area (Å²) in [6.07, 6.45) is 0. The topological polar surface area (TPSA) is 111 Å². The number of ether oxygens (including phenoxy) is 1. The molecule has 0 aliphatic rings. The van der Waals surface area contributed by atoms with Gasteiger partial charge in [0.25, 0.3) is 0 Å². The Labute approximate surface area is 166 Å². The second-order valence-electron chi connectivity index (χ2n) is 6.06. The summed E-state index contributed by atoms with van der Waals surface area (Å²) in [6, 6.07) is 15.8. The normalized spacial score (nSPS) is 11.7. The fourth-order valence-electron chi connectivity index (χ4n) is 3.08. The minimum atomic E-state index is 0.399. The molecule has 6 N–H and O–H groups in total. The van der Waals surface area contributed by atoms with Crippen molar-refractivity contribution in [3.05, 3.63) is 59.5 Å². The van der Waals surface area contributed by atoms with E-state index in [0.717, 1.165) is 43.8 Å². The molecule has 0 bridgehead atoms. The third kappa shape index (κ3) is 3.30. The fourth-order valence-corrected chi connectivity index (χ4v) is 4.01. The molecule has 0 saturated carbocycles. The summed E-state index contributed by atoms with van der Waals surface area (Å²) in [5.41, 5.74) is 5.05. The highest BCUT2D eigenvalue weighted by Gasteiger charge is 2.12. The van der Waals surface area contributed by atoms with Crippen molar-refractivity contribution in [3.8, 4) is 5.75 Å². The molecule has 4 rings (SSSR count). The van der Waals surface area contributed by atoms with Crippen LogP contribution in [0.3, 0.4) is 0 Å². The number of nitrogens with zero attached hydrogens (tertiary/aromatic N) is 2. The predicted molar refractivity (Wildman–Crippen MR) is 116 cm³/mol. The number of amidine groups is 1. The van der Waals surface area contributed by atoms with Crippen molar-refractivity contribution in [1.82, 2.24) is 10.4 Å². The number of nitrogens with two attached hydrogens (primary N) is 2. The third-order valence-electron chi connectivity index (χ3n) is 4.36. The standard InChI is InChI=1S/C20H20N6OS/c1-2-27-14-6-4-13(5-7-14)23-20-16-9-10-28-18(16)15-8-3-12(11-17(15)24-20)19(25-21)26-22/h3-11H,2,21-22H2,1H3,(H,23,24)(H,25,26). The van der Waals surface area contributed by atoms with Gasteiger partial charge in [0.15, 0.2) is 5.84 Å². The smallest absolute Gasteiger partial charge is 0.166 e. The Morgan fingerprint density at radius 1 is 1.14 bits per heavy atom. The quantitative estimate of drug-likeness (QED) is 0.178. The molecule has 0 unspecified atom stereocenters. The number of hydrazine groups is 1. The number of pyridine rings is 1. The molecule has 8 heteroatoms. The number of hydrogen-bond donors (Lipinski definition) is 4. The van der Waals surface area contributed by atoms with Crippen LogP contribution < -0.4 is 27.2 Å². The van der Waals surface area contributed by atoms with E-state index in [0.29, 0.717) is 12.4 Å². The zero-order chi connectivity index (χ0) is 19.5. The number of aromatic nitrogens is 1. The minimum absolute atomic E-state index is 0.399. The van der Waals surface area contributed by atoms with E-state index in [1.54, 1.807) is 11.3 Å². The van der Waals surface area contributed by atoms with E-state index < -0.39 is 0 Å². The molecule has 2 heterocycles. The van der Waals surface area contributed by atoms with Gasteiger partial charge in [-0.1, -0.05) is 12.1 Å². The second kappa shape index (κ2) is 7.71. The maximum Gasteiger partial charge on any atom is 0.166 e. The highest BCUT2D eigenvalue weighted by Crippen LogP contribution is 2.35. The second-order valence-corrected chi connectivity index (χ2v) is 6.98. The summed E-state index contributed by atoms with van der Waals surface area (Å²) in [5.74, 6) is 12.9. The average molecular weight is 392 g/mol. The van der Waals surface area contributed by atoms with Crippen LogP contribution >= 0.6 is 11.3 Å². The van der Waals surface area contributed by atoms with Crippen molar-refractivity contribution in [2.24, 2.45) is 16.8 Å². The van der Waals surface area contributed by atoms with Gasteiger partial charge in [-0.2, -0.15) is 5.10 Å². The van der Waals surface area contributed by atoms with Gasteiger partial charge in [-0.25, -0.2) is 10.8 Å². The zero-order valence-electron chi connectivity index (χ0n) is 15.3. The van der Waals surface area contributed by atoms with Crippen molar-refractivity contribution < 1.29 is 4.74 Å². The number of hydrazone groups is 1. The fraction of sp³-hybridized carbons (Fsp3) is 0.100. The number of hydrogen-bond acceptors (Lipinski definition) is 7. The Kier molecular flexibility index (Phi) is 4.96. The Morgan fingerprint density at radius 2 is 1.96 bits per heavy atom. The Bertz CT molecular complexity index is 1150. The first-order valence-electron chi connectivity index (χ1n) is 8.79. The van der Waals surface area contributed by atoms with Crippen LogP contribution in [0, 0.1) is 0 Å². The molecule has 0 amide bonds. The van der Waals surface area contributed by atoms with Gasteiger partial charge < -0.3 is 21.3 Å². The number of anilines is 2. The predicted octanol–water partition coefficient (Wildman–Crippen LogP) is 3.68. The Morgan fingerprint density at radius 3 is 2.68 bits per heavy atom. The van der Waals surface area contributed by atoms with Crippen LogP contribution in [0.25, 0.3) is 21.0 Å². The van der Waals surface area contributed by atoms with E-state index in [-0.39, 0.29) is 0 Å². The lowest BCUT2D eigenvalue weighted by molar-refractivity contribution is 0.340. The molecule has 7 nitrogen and oxygen atoms in total. The Balaban J connectivity index is 1.78. The van der Waals surface area contributed by atoms with E-state index in [4.69, 9.17) is 21.4 Å². The first-order valence-corrected chi connectivity index (χ1v) is 9.67. The summed E-state index contributed by atoms with van der Waals surface area (Å²) >= 11 is 1.68. The van der Waals surface area contributed by atoms with E-state index >= 15 is 0 Å². The number of thiophene rings is 1. The van der Waals surface area contributed by atoms with Gasteiger partial charge in [0, 0.05) is 26.7 Å². The average Bonchev–Trinajstić information content (AvgIpc) is 3.21. The molecule has 0 radical (unpaired) electrons. The maximum atomic E-state index is 5.50. The summed E-state index contributed by atoms with van der Waals surface area (Å²) < 4.78 is 6.67. The van der Waals surface area contributed by atoms with Crippen molar-refractivity contribution in [1.29, 1.82) is 0 Å². The van der Waals surface area contributed by atoms with Crippen LogP contribution in [0.4, 0.5) is 11.5 Å². The van der Waals surface area contributed by atoms with Gasteiger partial charge in [0.05, 0.1) is 12.1 Å². The van der Waals surface area contributed by atoms with Gasteiger partial charge in [0.2, 0.25) is 0 Å². The van der Waals surface area contributed by atoms with Crippen molar-refractivity contribution in [2.45, 2.75) is 6.92 Å². The van der Waals surface area contributed by atoms with Crippen LogP contribution in [0.5, 0.6) is 5.75 Å². The highest BCUT2D eigenvalue weighted by atomic mass is 32.1. The van der Waals surface area contributed by atoms with Crippen molar-refractivity contribution in [2.75, 3.05) is 11.9 Å². The molecule has 142 valence electrons. The van der Waals surface area contributed by atoms with Crippen molar-refractivity contribution in [3.63, 3.8) is 0 Å². The molecule has 4 aromatic rings. The summed E-state index contributed by atoms with van der Waals surface area (Å²) in [7, 11) is 0. The van der Waals surface area contributed by atoms with Crippen molar-refractivity contribution >= 4 is 49.7 Å². The molecule has 0 saturated heterocycles. The van der Waals surface area contributed by atoms with Crippen LogP contribution in [-0.4, -0.2) is 17.4 Å². The van der Waals surface area contributed by atoms with Crippen LogP contribution in [0.1, 0.15) is 12.5 Å². The van der Waals surface area contributed by atoms with Crippen LogP contribution in [0.15, 0.2) is 59.0 Å². The van der Waals surface area contributed by atoms with Gasteiger partial charge in [0.1, 0.15) is 11.6 Å². The zero-order valence-corrected chi connectivity index (χ0v) is 16.1. The lowest BCUT2D eigenvalue weighted by Crippen LogP contribution is -2.32. The largest absolute Gasteiger partial charge is 0.494 e. The lowest BCUT2D eigenvalue weighted by Gasteiger charge is -2.11. The third-order valence-corrected chi connectivity index (χ3v) is 5.31. The van der Waals surface area contributed by atoms with Gasteiger partial charge in [-0.05, 0) is 48.7 Å². The number of nitrogens with one attached hydrogen (secondary N) is 2. The first-order chi connectivity index (χ1) is 13.7. The molecule has 0 spiro atoms. The maximum absolute atomic E-state index is 5.50. The van der Waals surface area contributed by atoms with Gasteiger partial charge in [-0.15, -0.1) is 11.3 Å². The van der Waals surface area contributed by atoms with Crippen LogP contribution in [0.2, 0.25) is 0 Å².